The number of aryl methyl sites for hydroxylation is 1. The van der Waals surface area contributed by atoms with Crippen molar-refractivity contribution in [3.05, 3.63) is 58.1 Å². The summed E-state index contributed by atoms with van der Waals surface area (Å²) in [6.45, 7) is 1.87. The van der Waals surface area contributed by atoms with Crippen molar-refractivity contribution in [3.8, 4) is 11.5 Å². The summed E-state index contributed by atoms with van der Waals surface area (Å²) >= 11 is 0. The van der Waals surface area contributed by atoms with Crippen LogP contribution in [-0.2, 0) is 0 Å². The monoisotopic (exact) mass is 244 g/mol. The van der Waals surface area contributed by atoms with Gasteiger partial charge in [0.05, 0.1) is 4.92 Å². The van der Waals surface area contributed by atoms with Gasteiger partial charge in [0.1, 0.15) is 11.4 Å². The molecular formula is C13H12N2O3. The summed E-state index contributed by atoms with van der Waals surface area (Å²) in [6.07, 6.45) is 0. The lowest BCUT2D eigenvalue weighted by molar-refractivity contribution is -0.384. The maximum Gasteiger partial charge on any atom is 0.334 e. The molecule has 2 N–H and O–H groups in total. The lowest BCUT2D eigenvalue weighted by atomic mass is 10.2. The van der Waals surface area contributed by atoms with Gasteiger partial charge >= 0.3 is 5.69 Å². The summed E-state index contributed by atoms with van der Waals surface area (Å²) in [4.78, 5) is 10.4. The van der Waals surface area contributed by atoms with E-state index in [1.54, 1.807) is 18.2 Å². The highest BCUT2D eigenvalue weighted by Crippen LogP contribution is 2.36. The zero-order valence-electron chi connectivity index (χ0n) is 9.79. The first-order valence-corrected chi connectivity index (χ1v) is 5.36. The molecule has 0 radical (unpaired) electrons. The Balaban J connectivity index is 2.44. The molecule has 0 aliphatic carbocycles. The smallest absolute Gasteiger partial charge is 0.334 e. The number of nitrogen functional groups attached to an aromatic ring is 1. The van der Waals surface area contributed by atoms with Gasteiger partial charge in [-0.1, -0.05) is 24.3 Å². The molecule has 0 spiro atoms. The molecule has 0 aliphatic heterocycles. The number of benzene rings is 2. The highest BCUT2D eigenvalue weighted by Gasteiger charge is 2.19. The molecule has 18 heavy (non-hydrogen) atoms. The molecule has 0 unspecified atom stereocenters. The Hall–Kier alpha value is -2.56. The van der Waals surface area contributed by atoms with Gasteiger partial charge in [-0.3, -0.25) is 10.1 Å². The summed E-state index contributed by atoms with van der Waals surface area (Å²) < 4.78 is 5.56. The lowest BCUT2D eigenvalue weighted by Gasteiger charge is -2.09. The van der Waals surface area contributed by atoms with Crippen LogP contribution in [-0.4, -0.2) is 4.92 Å². The molecular weight excluding hydrogens is 232 g/mol. The van der Waals surface area contributed by atoms with E-state index in [4.69, 9.17) is 10.5 Å². The molecule has 92 valence electrons. The van der Waals surface area contributed by atoms with Gasteiger partial charge in [-0.05, 0) is 30.7 Å². The van der Waals surface area contributed by atoms with Crippen molar-refractivity contribution in [3.63, 3.8) is 0 Å². The zero-order chi connectivity index (χ0) is 13.1. The molecule has 0 bridgehead atoms. The summed E-state index contributed by atoms with van der Waals surface area (Å²) in [6, 6.07) is 11.9. The van der Waals surface area contributed by atoms with E-state index in [2.05, 4.69) is 0 Å². The van der Waals surface area contributed by atoms with E-state index in [1.807, 2.05) is 19.1 Å². The standard InChI is InChI=1S/C13H12N2O3/c1-9-5-2-3-7-11(9)18-12-8-4-6-10(14)13(12)15(16)17/h2-8H,14H2,1H3. The Morgan fingerprint density at radius 3 is 2.44 bits per heavy atom. The predicted octanol–water partition coefficient (Wildman–Crippen LogP) is 3.28. The maximum absolute atomic E-state index is 11.0. The first kappa shape index (κ1) is 11.9. The molecule has 0 aromatic heterocycles. The molecule has 0 saturated carbocycles. The average molecular weight is 244 g/mol. The Bertz CT molecular complexity index is 597. The van der Waals surface area contributed by atoms with Crippen molar-refractivity contribution in [2.24, 2.45) is 0 Å². The highest BCUT2D eigenvalue weighted by molar-refractivity contribution is 5.66. The molecule has 0 fully saturated rings. The molecule has 2 aromatic carbocycles. The summed E-state index contributed by atoms with van der Waals surface area (Å²) in [5, 5.41) is 11.0. The van der Waals surface area contributed by atoms with Crippen molar-refractivity contribution in [2.45, 2.75) is 6.92 Å². The Morgan fingerprint density at radius 2 is 1.78 bits per heavy atom. The zero-order valence-corrected chi connectivity index (χ0v) is 9.79. The number of rotatable bonds is 3. The van der Waals surface area contributed by atoms with Gasteiger partial charge in [-0.15, -0.1) is 0 Å². The number of hydrogen-bond donors (Lipinski definition) is 1. The third-order valence-corrected chi connectivity index (χ3v) is 2.53. The number of nitro benzene ring substituents is 1. The number of para-hydroxylation sites is 2. The Morgan fingerprint density at radius 1 is 1.11 bits per heavy atom. The van der Waals surface area contributed by atoms with Gasteiger partial charge in [0.15, 0.2) is 0 Å². The van der Waals surface area contributed by atoms with Crippen LogP contribution in [0.5, 0.6) is 11.5 Å². The lowest BCUT2D eigenvalue weighted by Crippen LogP contribution is -1.98. The minimum absolute atomic E-state index is 0.0890. The minimum atomic E-state index is -0.539. The third-order valence-electron chi connectivity index (χ3n) is 2.53. The van der Waals surface area contributed by atoms with Gasteiger partial charge in [-0.2, -0.15) is 0 Å². The Labute approximate surface area is 104 Å². The molecule has 5 heteroatoms. The van der Waals surface area contributed by atoms with E-state index in [-0.39, 0.29) is 17.1 Å². The van der Waals surface area contributed by atoms with Crippen molar-refractivity contribution < 1.29 is 9.66 Å². The third kappa shape index (κ3) is 2.24. The minimum Gasteiger partial charge on any atom is -0.450 e. The van der Waals surface area contributed by atoms with Crippen LogP contribution in [0.2, 0.25) is 0 Å². The average Bonchev–Trinajstić information content (AvgIpc) is 2.31. The van der Waals surface area contributed by atoms with E-state index in [1.165, 1.54) is 12.1 Å². The van der Waals surface area contributed by atoms with Gasteiger partial charge in [0, 0.05) is 0 Å². The number of ether oxygens (including phenoxy) is 1. The molecule has 0 amide bonds. The highest BCUT2D eigenvalue weighted by atomic mass is 16.6. The van der Waals surface area contributed by atoms with Crippen molar-refractivity contribution >= 4 is 11.4 Å². The largest absolute Gasteiger partial charge is 0.450 e. The quantitative estimate of drug-likeness (QED) is 0.510. The molecule has 0 heterocycles. The van der Waals surface area contributed by atoms with Gasteiger partial charge in [-0.25, -0.2) is 0 Å². The molecule has 2 aromatic rings. The number of nitro groups is 1. The van der Waals surface area contributed by atoms with Gasteiger partial charge < -0.3 is 10.5 Å². The van der Waals surface area contributed by atoms with Crippen LogP contribution in [0.3, 0.4) is 0 Å². The SMILES string of the molecule is Cc1ccccc1Oc1cccc(N)c1[N+](=O)[O-]. The molecule has 0 saturated heterocycles. The maximum atomic E-state index is 11.0. The van der Waals surface area contributed by atoms with Gasteiger partial charge in [0.2, 0.25) is 5.75 Å². The molecule has 2 rings (SSSR count). The van der Waals surface area contributed by atoms with Crippen LogP contribution in [0.15, 0.2) is 42.5 Å². The van der Waals surface area contributed by atoms with E-state index >= 15 is 0 Å². The topological polar surface area (TPSA) is 78.4 Å². The first-order valence-electron chi connectivity index (χ1n) is 5.36. The van der Waals surface area contributed by atoms with Crippen molar-refractivity contribution in [2.75, 3.05) is 5.73 Å². The second-order valence-electron chi connectivity index (χ2n) is 3.82. The summed E-state index contributed by atoms with van der Waals surface area (Å²) in [7, 11) is 0. The molecule has 5 nitrogen and oxygen atoms in total. The fourth-order valence-corrected chi connectivity index (χ4v) is 1.61. The fourth-order valence-electron chi connectivity index (χ4n) is 1.61. The van der Waals surface area contributed by atoms with Crippen LogP contribution in [0.1, 0.15) is 5.56 Å². The first-order chi connectivity index (χ1) is 8.59. The number of nitrogens with two attached hydrogens (primary N) is 1. The normalized spacial score (nSPS) is 10.1. The second-order valence-corrected chi connectivity index (χ2v) is 3.82. The van der Waals surface area contributed by atoms with Crippen molar-refractivity contribution in [1.82, 2.24) is 0 Å². The van der Waals surface area contributed by atoms with Crippen LogP contribution in [0.25, 0.3) is 0 Å². The molecule has 0 atom stereocenters. The van der Waals surface area contributed by atoms with Crippen LogP contribution < -0.4 is 10.5 Å². The summed E-state index contributed by atoms with van der Waals surface area (Å²) in [5.74, 6) is 0.723. The van der Waals surface area contributed by atoms with E-state index in [0.29, 0.717) is 5.75 Å². The second kappa shape index (κ2) is 4.75. The van der Waals surface area contributed by atoms with Crippen LogP contribution in [0, 0.1) is 17.0 Å². The van der Waals surface area contributed by atoms with E-state index < -0.39 is 4.92 Å². The van der Waals surface area contributed by atoms with Crippen LogP contribution in [0.4, 0.5) is 11.4 Å². The van der Waals surface area contributed by atoms with Gasteiger partial charge in [0.25, 0.3) is 0 Å². The number of nitrogens with zero attached hydrogens (tertiary/aromatic N) is 1. The van der Waals surface area contributed by atoms with E-state index in [0.717, 1.165) is 5.56 Å². The number of hydrogen-bond acceptors (Lipinski definition) is 4. The Kier molecular flexibility index (Phi) is 3.14. The van der Waals surface area contributed by atoms with Crippen LogP contribution >= 0.6 is 0 Å². The predicted molar refractivity (Wildman–Crippen MR) is 68.8 cm³/mol. The van der Waals surface area contributed by atoms with E-state index in [9.17, 15) is 10.1 Å². The van der Waals surface area contributed by atoms with Crippen molar-refractivity contribution in [1.29, 1.82) is 0 Å². The fraction of sp³-hybridized carbons (Fsp3) is 0.0769. The number of anilines is 1. The summed E-state index contributed by atoms with van der Waals surface area (Å²) in [5.41, 5.74) is 6.37. The molecule has 0 aliphatic rings.